The maximum Gasteiger partial charge on any atom is 0.222 e. The number of nitrogens with zero attached hydrogens (tertiary/aromatic N) is 1. The van der Waals surface area contributed by atoms with E-state index in [1.807, 2.05) is 30.3 Å². The van der Waals surface area contributed by atoms with E-state index in [2.05, 4.69) is 0 Å². The van der Waals surface area contributed by atoms with Crippen LogP contribution in [-0.2, 0) is 4.79 Å². The molecular formula is C16H24N2O2. The molecule has 0 bridgehead atoms. The molecule has 1 heterocycles. The number of carbonyl (C=O) groups is 1. The normalized spacial score (nSPS) is 24.4. The van der Waals surface area contributed by atoms with Gasteiger partial charge in [-0.25, -0.2) is 0 Å². The molecule has 1 aliphatic heterocycles. The van der Waals surface area contributed by atoms with Gasteiger partial charge in [-0.3, -0.25) is 4.79 Å². The summed E-state index contributed by atoms with van der Waals surface area (Å²) in [5, 5.41) is 10.0. The number of β-amino-alcohol motifs (C(OH)–C–C–N with tert-alkyl or cyclic N) is 1. The third kappa shape index (κ3) is 4.05. The molecule has 0 saturated carbocycles. The number of likely N-dealkylation sites (tertiary alicyclic amines) is 1. The number of benzene rings is 1. The lowest BCUT2D eigenvalue weighted by Gasteiger charge is -2.37. The van der Waals surface area contributed by atoms with Gasteiger partial charge in [-0.1, -0.05) is 30.3 Å². The van der Waals surface area contributed by atoms with Crippen LogP contribution in [0, 0.1) is 0 Å². The van der Waals surface area contributed by atoms with Gasteiger partial charge in [-0.05, 0) is 31.7 Å². The fraction of sp³-hybridized carbons (Fsp3) is 0.562. The van der Waals surface area contributed by atoms with E-state index in [4.69, 9.17) is 5.73 Å². The first-order valence-electron chi connectivity index (χ1n) is 7.29. The minimum Gasteiger partial charge on any atom is -0.388 e. The van der Waals surface area contributed by atoms with Crippen molar-refractivity contribution in [1.29, 1.82) is 0 Å². The second-order valence-corrected chi connectivity index (χ2v) is 5.97. The van der Waals surface area contributed by atoms with Crippen molar-refractivity contribution in [3.05, 3.63) is 35.9 Å². The van der Waals surface area contributed by atoms with Crippen molar-refractivity contribution in [1.82, 2.24) is 4.90 Å². The molecule has 0 radical (unpaired) electrons. The van der Waals surface area contributed by atoms with Gasteiger partial charge < -0.3 is 15.7 Å². The van der Waals surface area contributed by atoms with Crippen molar-refractivity contribution < 1.29 is 9.90 Å². The topological polar surface area (TPSA) is 66.6 Å². The summed E-state index contributed by atoms with van der Waals surface area (Å²) in [6.45, 7) is 2.98. The zero-order valence-electron chi connectivity index (χ0n) is 12.1. The quantitative estimate of drug-likeness (QED) is 0.882. The van der Waals surface area contributed by atoms with Gasteiger partial charge in [0, 0.05) is 25.6 Å². The van der Waals surface area contributed by atoms with E-state index in [1.54, 1.807) is 11.8 Å². The second kappa shape index (κ2) is 6.37. The minimum atomic E-state index is -0.741. The smallest absolute Gasteiger partial charge is 0.222 e. The van der Waals surface area contributed by atoms with Gasteiger partial charge in [0.15, 0.2) is 0 Å². The SMILES string of the molecule is CC1(O)CCCN(C(=O)CCC(N)c2ccccc2)C1. The van der Waals surface area contributed by atoms with E-state index in [0.29, 0.717) is 19.4 Å². The second-order valence-electron chi connectivity index (χ2n) is 5.97. The minimum absolute atomic E-state index is 0.0938. The Morgan fingerprint density at radius 3 is 2.80 bits per heavy atom. The van der Waals surface area contributed by atoms with Crippen molar-refractivity contribution in [2.24, 2.45) is 5.73 Å². The molecule has 4 heteroatoms. The number of hydrogen-bond donors (Lipinski definition) is 2. The predicted molar refractivity (Wildman–Crippen MR) is 79.0 cm³/mol. The van der Waals surface area contributed by atoms with Crippen LogP contribution >= 0.6 is 0 Å². The third-order valence-corrected chi connectivity index (χ3v) is 3.92. The highest BCUT2D eigenvalue weighted by molar-refractivity contribution is 5.76. The molecule has 1 fully saturated rings. The summed E-state index contributed by atoms with van der Waals surface area (Å²) in [5.74, 6) is 0.0938. The van der Waals surface area contributed by atoms with Crippen LogP contribution < -0.4 is 5.73 Å². The lowest BCUT2D eigenvalue weighted by atomic mass is 9.94. The Morgan fingerprint density at radius 1 is 1.45 bits per heavy atom. The number of hydrogen-bond acceptors (Lipinski definition) is 3. The summed E-state index contributed by atoms with van der Waals surface area (Å²) in [6.07, 6.45) is 2.71. The molecular weight excluding hydrogens is 252 g/mol. The Balaban J connectivity index is 1.83. The Bertz CT molecular complexity index is 445. The van der Waals surface area contributed by atoms with Gasteiger partial charge in [0.05, 0.1) is 5.60 Å². The Hall–Kier alpha value is -1.39. The molecule has 1 amide bonds. The first-order valence-corrected chi connectivity index (χ1v) is 7.29. The molecule has 4 nitrogen and oxygen atoms in total. The van der Waals surface area contributed by atoms with Crippen molar-refractivity contribution in [3.8, 4) is 0 Å². The molecule has 0 spiro atoms. The highest BCUT2D eigenvalue weighted by Gasteiger charge is 2.30. The molecule has 0 aromatic heterocycles. The molecule has 3 N–H and O–H groups in total. The first-order chi connectivity index (χ1) is 9.48. The summed E-state index contributed by atoms with van der Waals surface area (Å²) in [6, 6.07) is 9.74. The van der Waals surface area contributed by atoms with Crippen molar-refractivity contribution in [3.63, 3.8) is 0 Å². The predicted octanol–water partition coefficient (Wildman–Crippen LogP) is 1.84. The molecule has 2 rings (SSSR count). The van der Waals surface area contributed by atoms with Gasteiger partial charge in [0.25, 0.3) is 0 Å². The van der Waals surface area contributed by atoms with Crippen LogP contribution in [0.1, 0.15) is 44.2 Å². The fourth-order valence-electron chi connectivity index (χ4n) is 2.74. The largest absolute Gasteiger partial charge is 0.388 e. The average Bonchev–Trinajstić information content (AvgIpc) is 2.44. The number of aliphatic hydroxyl groups is 1. The van der Waals surface area contributed by atoms with Crippen molar-refractivity contribution in [2.45, 2.75) is 44.2 Å². The Kier molecular flexibility index (Phi) is 4.78. The molecule has 20 heavy (non-hydrogen) atoms. The van der Waals surface area contributed by atoms with Crippen molar-refractivity contribution in [2.75, 3.05) is 13.1 Å². The molecule has 2 unspecified atom stereocenters. The third-order valence-electron chi connectivity index (χ3n) is 3.92. The van der Waals surface area contributed by atoms with Crippen LogP contribution in [-0.4, -0.2) is 34.6 Å². The number of piperidine rings is 1. The number of amides is 1. The summed E-state index contributed by atoms with van der Waals surface area (Å²) >= 11 is 0. The number of carbonyl (C=O) groups excluding carboxylic acids is 1. The van der Waals surface area contributed by atoms with Gasteiger partial charge in [0.1, 0.15) is 0 Å². The van der Waals surface area contributed by atoms with E-state index < -0.39 is 5.60 Å². The van der Waals surface area contributed by atoms with E-state index in [9.17, 15) is 9.90 Å². The van der Waals surface area contributed by atoms with Crippen LogP contribution in [0.25, 0.3) is 0 Å². The lowest BCUT2D eigenvalue weighted by Crippen LogP contribution is -2.48. The molecule has 2 atom stereocenters. The van der Waals surface area contributed by atoms with E-state index >= 15 is 0 Å². The lowest BCUT2D eigenvalue weighted by molar-refractivity contribution is -0.137. The zero-order valence-corrected chi connectivity index (χ0v) is 12.1. The van der Waals surface area contributed by atoms with Gasteiger partial charge in [-0.2, -0.15) is 0 Å². The Labute approximate surface area is 120 Å². The summed E-state index contributed by atoms with van der Waals surface area (Å²) in [5.41, 5.74) is 6.43. The molecule has 1 aromatic rings. The molecule has 110 valence electrons. The summed E-state index contributed by atoms with van der Waals surface area (Å²) < 4.78 is 0. The molecule has 1 aromatic carbocycles. The average molecular weight is 276 g/mol. The van der Waals surface area contributed by atoms with Gasteiger partial charge >= 0.3 is 0 Å². The van der Waals surface area contributed by atoms with Crippen LogP contribution in [0.5, 0.6) is 0 Å². The van der Waals surface area contributed by atoms with Crippen LogP contribution in [0.3, 0.4) is 0 Å². The highest BCUT2D eigenvalue weighted by Crippen LogP contribution is 2.22. The van der Waals surface area contributed by atoms with Crippen LogP contribution in [0.15, 0.2) is 30.3 Å². The fourth-order valence-corrected chi connectivity index (χ4v) is 2.74. The number of rotatable bonds is 4. The maximum atomic E-state index is 12.2. The van der Waals surface area contributed by atoms with Crippen LogP contribution in [0.2, 0.25) is 0 Å². The molecule has 0 aliphatic carbocycles. The van der Waals surface area contributed by atoms with Crippen molar-refractivity contribution >= 4 is 5.91 Å². The standard InChI is InChI=1S/C16H24N2O2/c1-16(20)10-5-11-18(12-16)15(19)9-8-14(17)13-6-3-2-4-7-13/h2-4,6-7,14,20H,5,8-12,17H2,1H3. The van der Waals surface area contributed by atoms with Crippen LogP contribution in [0.4, 0.5) is 0 Å². The number of nitrogens with two attached hydrogens (primary N) is 1. The summed E-state index contributed by atoms with van der Waals surface area (Å²) in [7, 11) is 0. The maximum absolute atomic E-state index is 12.2. The van der Waals surface area contributed by atoms with E-state index in [1.165, 1.54) is 0 Å². The Morgan fingerprint density at radius 2 is 2.15 bits per heavy atom. The molecule has 1 saturated heterocycles. The molecule has 1 aliphatic rings. The van der Waals surface area contributed by atoms with E-state index in [0.717, 1.165) is 24.9 Å². The monoisotopic (exact) mass is 276 g/mol. The van der Waals surface area contributed by atoms with E-state index in [-0.39, 0.29) is 11.9 Å². The van der Waals surface area contributed by atoms with Gasteiger partial charge in [0.2, 0.25) is 5.91 Å². The summed E-state index contributed by atoms with van der Waals surface area (Å²) in [4.78, 5) is 13.9. The zero-order chi connectivity index (χ0) is 14.6. The highest BCUT2D eigenvalue weighted by atomic mass is 16.3. The van der Waals surface area contributed by atoms with Gasteiger partial charge in [-0.15, -0.1) is 0 Å². The first kappa shape index (κ1) is 15.0.